The molecule has 3 N–H and O–H groups in total. The van der Waals surface area contributed by atoms with Gasteiger partial charge in [-0.2, -0.15) is 0 Å². The molecular weight excluding hydrogens is 410 g/mol. The molecule has 31 heavy (non-hydrogen) atoms. The van der Waals surface area contributed by atoms with Crippen molar-refractivity contribution in [3.8, 4) is 5.75 Å². The number of thiocarbonyl (C=S) groups is 1. The molecule has 0 saturated heterocycles. The van der Waals surface area contributed by atoms with E-state index in [-0.39, 0.29) is 16.9 Å². The summed E-state index contributed by atoms with van der Waals surface area (Å²) >= 11 is 5.25. The molecule has 3 aromatic carbocycles. The first-order chi connectivity index (χ1) is 15.0. The second kappa shape index (κ2) is 10.9. The molecule has 0 bridgehead atoms. The second-order valence-corrected chi connectivity index (χ2v) is 7.10. The Morgan fingerprint density at radius 3 is 2.32 bits per heavy atom. The lowest BCUT2D eigenvalue weighted by Gasteiger charge is -2.12. The fourth-order valence-electron chi connectivity index (χ4n) is 2.73. The van der Waals surface area contributed by atoms with Gasteiger partial charge in [-0.3, -0.25) is 14.9 Å². The third-order valence-electron chi connectivity index (χ3n) is 4.30. The molecule has 0 aliphatic carbocycles. The van der Waals surface area contributed by atoms with Gasteiger partial charge in [0.2, 0.25) is 5.91 Å². The number of hydrogen-bond donors (Lipinski definition) is 3. The summed E-state index contributed by atoms with van der Waals surface area (Å²) in [6.07, 6.45) is 0.389. The smallest absolute Gasteiger partial charge is 0.257 e. The third kappa shape index (κ3) is 6.94. The highest BCUT2D eigenvalue weighted by molar-refractivity contribution is 7.80. The molecule has 0 aliphatic heterocycles. The van der Waals surface area contributed by atoms with Crippen molar-refractivity contribution in [2.45, 2.75) is 20.0 Å². The molecule has 0 saturated carbocycles. The van der Waals surface area contributed by atoms with Gasteiger partial charge in [0.05, 0.1) is 0 Å². The van der Waals surface area contributed by atoms with E-state index in [0.29, 0.717) is 35.7 Å². The average Bonchev–Trinajstić information content (AvgIpc) is 2.78. The molecule has 6 nitrogen and oxygen atoms in total. The van der Waals surface area contributed by atoms with Gasteiger partial charge in [-0.25, -0.2) is 0 Å². The number of nitrogens with one attached hydrogen (secondary N) is 3. The predicted octanol–water partition coefficient (Wildman–Crippen LogP) is 4.74. The molecule has 0 radical (unpaired) electrons. The number of carbonyl (C=O) groups is 2. The molecule has 0 aromatic heterocycles. The maximum Gasteiger partial charge on any atom is 0.257 e. The Labute approximate surface area is 186 Å². The van der Waals surface area contributed by atoms with Gasteiger partial charge < -0.3 is 15.4 Å². The fraction of sp³-hybridized carbons (Fsp3) is 0.125. The Kier molecular flexibility index (Phi) is 7.73. The zero-order chi connectivity index (χ0) is 22.1. The molecule has 3 aromatic rings. The van der Waals surface area contributed by atoms with Crippen molar-refractivity contribution in [3.05, 3.63) is 90.0 Å². The van der Waals surface area contributed by atoms with E-state index in [4.69, 9.17) is 17.0 Å². The average molecular weight is 434 g/mol. The molecule has 7 heteroatoms. The van der Waals surface area contributed by atoms with E-state index in [0.717, 1.165) is 5.56 Å². The van der Waals surface area contributed by atoms with Crippen LogP contribution in [0, 0.1) is 0 Å². The molecular formula is C24H23N3O3S. The topological polar surface area (TPSA) is 79.5 Å². The minimum Gasteiger partial charge on any atom is -0.489 e. The second-order valence-electron chi connectivity index (χ2n) is 6.69. The van der Waals surface area contributed by atoms with Crippen LogP contribution in [-0.4, -0.2) is 16.9 Å². The molecule has 3 rings (SSSR count). The summed E-state index contributed by atoms with van der Waals surface area (Å²) < 4.78 is 5.77. The summed E-state index contributed by atoms with van der Waals surface area (Å²) in [6.45, 7) is 2.20. The largest absolute Gasteiger partial charge is 0.489 e. The summed E-state index contributed by atoms with van der Waals surface area (Å²) in [7, 11) is 0. The Bertz CT molecular complexity index is 1070. The van der Waals surface area contributed by atoms with Gasteiger partial charge in [0.25, 0.3) is 5.91 Å². The maximum absolute atomic E-state index is 12.6. The van der Waals surface area contributed by atoms with Gasteiger partial charge in [0.1, 0.15) is 12.4 Å². The van der Waals surface area contributed by atoms with Crippen molar-refractivity contribution in [2.75, 3.05) is 10.6 Å². The Hall–Kier alpha value is -3.71. The van der Waals surface area contributed by atoms with Crippen LogP contribution in [0.2, 0.25) is 0 Å². The predicted molar refractivity (Wildman–Crippen MR) is 126 cm³/mol. The maximum atomic E-state index is 12.6. The van der Waals surface area contributed by atoms with E-state index in [1.54, 1.807) is 55.5 Å². The first-order valence-corrected chi connectivity index (χ1v) is 10.2. The standard InChI is InChI=1S/C24H23N3O3S/c1-2-22(28)25-19-11-7-12-20(15-19)26-24(31)27-23(29)18-10-6-13-21(14-18)30-16-17-8-4-3-5-9-17/h3-15H,2,16H2,1H3,(H,25,28)(H2,26,27,29,31). The number of rotatable bonds is 7. The summed E-state index contributed by atoms with van der Waals surface area (Å²) in [5.41, 5.74) is 2.77. The molecule has 0 heterocycles. The van der Waals surface area contributed by atoms with Gasteiger partial charge in [-0.1, -0.05) is 49.4 Å². The van der Waals surface area contributed by atoms with E-state index in [1.807, 2.05) is 30.3 Å². The van der Waals surface area contributed by atoms with Crippen LogP contribution in [0.4, 0.5) is 11.4 Å². The van der Waals surface area contributed by atoms with Crippen molar-refractivity contribution < 1.29 is 14.3 Å². The van der Waals surface area contributed by atoms with Gasteiger partial charge >= 0.3 is 0 Å². The van der Waals surface area contributed by atoms with Crippen LogP contribution in [-0.2, 0) is 11.4 Å². The monoisotopic (exact) mass is 433 g/mol. The van der Waals surface area contributed by atoms with Crippen molar-refractivity contribution in [2.24, 2.45) is 0 Å². The minimum absolute atomic E-state index is 0.0811. The van der Waals surface area contributed by atoms with Crippen molar-refractivity contribution in [1.29, 1.82) is 0 Å². The summed E-state index contributed by atoms with van der Waals surface area (Å²) in [6, 6.07) is 23.8. The van der Waals surface area contributed by atoms with Gasteiger partial charge in [0, 0.05) is 23.4 Å². The summed E-state index contributed by atoms with van der Waals surface area (Å²) in [5.74, 6) is 0.162. The van der Waals surface area contributed by atoms with Crippen molar-refractivity contribution in [3.63, 3.8) is 0 Å². The SMILES string of the molecule is CCC(=O)Nc1cccc(NC(=S)NC(=O)c2cccc(OCc3ccccc3)c2)c1. The van der Waals surface area contributed by atoms with Crippen LogP contribution < -0.4 is 20.7 Å². The van der Waals surface area contributed by atoms with Crippen molar-refractivity contribution in [1.82, 2.24) is 5.32 Å². The number of ether oxygens (including phenoxy) is 1. The molecule has 0 spiro atoms. The molecule has 0 aliphatic rings. The van der Waals surface area contributed by atoms with Gasteiger partial charge in [0.15, 0.2) is 5.11 Å². The summed E-state index contributed by atoms with van der Waals surface area (Å²) in [4.78, 5) is 24.1. The number of anilines is 2. The number of carbonyl (C=O) groups excluding carboxylic acids is 2. The van der Waals surface area contributed by atoms with Crippen LogP contribution in [0.15, 0.2) is 78.9 Å². The molecule has 0 unspecified atom stereocenters. The molecule has 0 atom stereocenters. The van der Waals surface area contributed by atoms with Crippen LogP contribution in [0.3, 0.4) is 0 Å². The third-order valence-corrected chi connectivity index (χ3v) is 4.50. The van der Waals surface area contributed by atoms with E-state index in [2.05, 4.69) is 16.0 Å². The van der Waals surface area contributed by atoms with Crippen LogP contribution >= 0.6 is 12.2 Å². The fourth-order valence-corrected chi connectivity index (χ4v) is 2.94. The molecule has 0 fully saturated rings. The van der Waals surface area contributed by atoms with Crippen LogP contribution in [0.1, 0.15) is 29.3 Å². The minimum atomic E-state index is -0.349. The lowest BCUT2D eigenvalue weighted by Crippen LogP contribution is -2.34. The quantitative estimate of drug-likeness (QED) is 0.469. The first-order valence-electron chi connectivity index (χ1n) is 9.82. The Morgan fingerprint density at radius 2 is 1.58 bits per heavy atom. The van der Waals surface area contributed by atoms with Crippen LogP contribution in [0.5, 0.6) is 5.75 Å². The Morgan fingerprint density at radius 1 is 0.871 bits per heavy atom. The van der Waals surface area contributed by atoms with Crippen molar-refractivity contribution >= 4 is 40.5 Å². The number of amides is 2. The van der Waals surface area contributed by atoms with Gasteiger partial charge in [-0.15, -0.1) is 0 Å². The van der Waals surface area contributed by atoms with Gasteiger partial charge in [-0.05, 0) is 54.2 Å². The molecule has 2 amide bonds. The summed E-state index contributed by atoms with van der Waals surface area (Å²) in [5, 5.41) is 8.54. The zero-order valence-corrected chi connectivity index (χ0v) is 17.9. The van der Waals surface area contributed by atoms with E-state index in [1.165, 1.54) is 0 Å². The van der Waals surface area contributed by atoms with E-state index >= 15 is 0 Å². The lowest BCUT2D eigenvalue weighted by molar-refractivity contribution is -0.115. The first kappa shape index (κ1) is 22.0. The highest BCUT2D eigenvalue weighted by atomic mass is 32.1. The highest BCUT2D eigenvalue weighted by Crippen LogP contribution is 2.17. The van der Waals surface area contributed by atoms with Crippen LogP contribution in [0.25, 0.3) is 0 Å². The molecule has 158 valence electrons. The number of hydrogen-bond acceptors (Lipinski definition) is 4. The normalized spacial score (nSPS) is 10.1. The number of benzene rings is 3. The van der Waals surface area contributed by atoms with E-state index < -0.39 is 0 Å². The lowest BCUT2D eigenvalue weighted by atomic mass is 10.2. The zero-order valence-electron chi connectivity index (χ0n) is 17.1. The Balaban J connectivity index is 1.56. The highest BCUT2D eigenvalue weighted by Gasteiger charge is 2.10. The van der Waals surface area contributed by atoms with E-state index in [9.17, 15) is 9.59 Å².